The van der Waals surface area contributed by atoms with Crippen LogP contribution in [0.4, 0.5) is 10.1 Å². The van der Waals surface area contributed by atoms with E-state index in [2.05, 4.69) is 22.8 Å². The van der Waals surface area contributed by atoms with Crippen molar-refractivity contribution in [1.29, 1.82) is 0 Å². The van der Waals surface area contributed by atoms with Gasteiger partial charge in [-0.1, -0.05) is 54.6 Å². The maximum absolute atomic E-state index is 12.8. The number of rotatable bonds is 7. The normalized spacial score (nSPS) is 10.3. The number of hydrogen-bond donors (Lipinski definition) is 2. The predicted molar refractivity (Wildman–Crippen MR) is 103 cm³/mol. The summed E-state index contributed by atoms with van der Waals surface area (Å²) in [4.78, 5) is 11.9. The molecule has 0 aromatic heterocycles. The van der Waals surface area contributed by atoms with Gasteiger partial charge in [0.15, 0.2) is 0 Å². The fourth-order valence-electron chi connectivity index (χ4n) is 2.65. The van der Waals surface area contributed by atoms with E-state index < -0.39 is 0 Å². The van der Waals surface area contributed by atoms with Crippen molar-refractivity contribution in [2.24, 2.45) is 0 Å². The Morgan fingerprint density at radius 3 is 2.15 bits per heavy atom. The molecule has 132 valence electrons. The fraction of sp³-hybridized carbons (Fsp3) is 0.136. The van der Waals surface area contributed by atoms with Crippen LogP contribution in [0.15, 0.2) is 78.9 Å². The minimum Gasteiger partial charge on any atom is -0.376 e. The topological polar surface area (TPSA) is 41.1 Å². The first-order chi connectivity index (χ1) is 12.7. The molecule has 0 atom stereocenters. The Bertz CT molecular complexity index is 830. The fourth-order valence-corrected chi connectivity index (χ4v) is 2.65. The number of carbonyl (C=O) groups is 1. The third-order valence-electron chi connectivity index (χ3n) is 4.09. The summed E-state index contributed by atoms with van der Waals surface area (Å²) in [7, 11) is 0. The molecule has 0 bridgehead atoms. The van der Waals surface area contributed by atoms with Crippen LogP contribution in [0.5, 0.6) is 0 Å². The molecule has 0 aliphatic rings. The average Bonchev–Trinajstić information content (AvgIpc) is 2.69. The standard InChI is InChI=1S/C22H21FN2O/c23-20-10-6-17(7-11-20)14-15-24-22(26)16-25-21-12-8-19(9-13-21)18-4-2-1-3-5-18/h1-13,25H,14-16H2,(H,24,26). The van der Waals surface area contributed by atoms with Crippen molar-refractivity contribution in [3.8, 4) is 11.1 Å². The van der Waals surface area contributed by atoms with Gasteiger partial charge < -0.3 is 10.6 Å². The minimum absolute atomic E-state index is 0.0701. The maximum Gasteiger partial charge on any atom is 0.239 e. The molecule has 0 saturated carbocycles. The number of benzene rings is 3. The van der Waals surface area contributed by atoms with Crippen molar-refractivity contribution in [3.05, 3.63) is 90.2 Å². The second-order valence-corrected chi connectivity index (χ2v) is 6.02. The first kappa shape index (κ1) is 17.7. The number of anilines is 1. The van der Waals surface area contributed by atoms with Gasteiger partial charge in [-0.3, -0.25) is 4.79 Å². The highest BCUT2D eigenvalue weighted by molar-refractivity contribution is 5.80. The second-order valence-electron chi connectivity index (χ2n) is 6.02. The molecule has 2 N–H and O–H groups in total. The molecule has 3 aromatic rings. The monoisotopic (exact) mass is 348 g/mol. The summed E-state index contributed by atoms with van der Waals surface area (Å²) in [6, 6.07) is 24.5. The second kappa shape index (κ2) is 8.81. The lowest BCUT2D eigenvalue weighted by Crippen LogP contribution is -2.31. The van der Waals surface area contributed by atoms with Crippen LogP contribution in [0.25, 0.3) is 11.1 Å². The van der Waals surface area contributed by atoms with Crippen LogP contribution in [0.2, 0.25) is 0 Å². The van der Waals surface area contributed by atoms with Crippen LogP contribution in [0.3, 0.4) is 0 Å². The Hall–Kier alpha value is -3.14. The summed E-state index contributed by atoms with van der Waals surface area (Å²) in [5.74, 6) is -0.320. The Morgan fingerprint density at radius 2 is 1.46 bits per heavy atom. The van der Waals surface area contributed by atoms with Crippen molar-refractivity contribution >= 4 is 11.6 Å². The van der Waals surface area contributed by atoms with Gasteiger partial charge in [0.05, 0.1) is 6.54 Å². The minimum atomic E-state index is -0.250. The third kappa shape index (κ3) is 5.18. The smallest absolute Gasteiger partial charge is 0.239 e. The van der Waals surface area contributed by atoms with E-state index in [0.717, 1.165) is 22.4 Å². The van der Waals surface area contributed by atoms with Gasteiger partial charge in [-0.05, 0) is 47.4 Å². The van der Waals surface area contributed by atoms with E-state index in [-0.39, 0.29) is 18.3 Å². The molecule has 0 spiro atoms. The Morgan fingerprint density at radius 1 is 0.808 bits per heavy atom. The first-order valence-corrected chi connectivity index (χ1v) is 8.61. The molecule has 3 nitrogen and oxygen atoms in total. The quantitative estimate of drug-likeness (QED) is 0.670. The maximum atomic E-state index is 12.8. The Kier molecular flexibility index (Phi) is 5.99. The van der Waals surface area contributed by atoms with Gasteiger partial charge in [-0.25, -0.2) is 4.39 Å². The summed E-state index contributed by atoms with van der Waals surface area (Å²) in [6.45, 7) is 0.743. The lowest BCUT2D eigenvalue weighted by molar-refractivity contribution is -0.119. The van der Waals surface area contributed by atoms with E-state index >= 15 is 0 Å². The van der Waals surface area contributed by atoms with E-state index in [1.165, 1.54) is 12.1 Å². The molecule has 1 amide bonds. The number of nitrogens with one attached hydrogen (secondary N) is 2. The molecule has 0 saturated heterocycles. The van der Waals surface area contributed by atoms with Crippen LogP contribution < -0.4 is 10.6 Å². The van der Waals surface area contributed by atoms with E-state index in [1.807, 2.05) is 42.5 Å². The SMILES string of the molecule is O=C(CNc1ccc(-c2ccccc2)cc1)NCCc1ccc(F)cc1. The number of hydrogen-bond acceptors (Lipinski definition) is 2. The summed E-state index contributed by atoms with van der Waals surface area (Å²) < 4.78 is 12.8. The molecule has 0 heterocycles. The molecule has 0 aliphatic carbocycles. The molecule has 0 unspecified atom stereocenters. The molecular formula is C22H21FN2O. The summed E-state index contributed by atoms with van der Waals surface area (Å²) in [5, 5.41) is 5.98. The molecule has 0 aliphatic heterocycles. The molecule has 3 rings (SSSR count). The van der Waals surface area contributed by atoms with E-state index in [9.17, 15) is 9.18 Å². The average molecular weight is 348 g/mol. The van der Waals surface area contributed by atoms with E-state index in [1.54, 1.807) is 12.1 Å². The molecule has 0 fully saturated rings. The highest BCUT2D eigenvalue weighted by Crippen LogP contribution is 2.20. The van der Waals surface area contributed by atoms with Gasteiger partial charge in [0.25, 0.3) is 0 Å². The zero-order valence-electron chi connectivity index (χ0n) is 14.4. The number of carbonyl (C=O) groups excluding carboxylic acids is 1. The molecule has 26 heavy (non-hydrogen) atoms. The number of amides is 1. The lowest BCUT2D eigenvalue weighted by Gasteiger charge is -2.09. The summed E-state index contributed by atoms with van der Waals surface area (Å²) in [5.41, 5.74) is 4.20. The Balaban J connectivity index is 1.42. The molecule has 4 heteroatoms. The van der Waals surface area contributed by atoms with Crippen LogP contribution >= 0.6 is 0 Å². The van der Waals surface area contributed by atoms with Crippen molar-refractivity contribution in [2.45, 2.75) is 6.42 Å². The van der Waals surface area contributed by atoms with Crippen LogP contribution in [-0.4, -0.2) is 19.0 Å². The first-order valence-electron chi connectivity index (χ1n) is 8.61. The highest BCUT2D eigenvalue weighted by atomic mass is 19.1. The van der Waals surface area contributed by atoms with Crippen LogP contribution in [-0.2, 0) is 11.2 Å². The van der Waals surface area contributed by atoms with E-state index in [4.69, 9.17) is 0 Å². The van der Waals surface area contributed by atoms with Gasteiger partial charge in [0.1, 0.15) is 5.82 Å². The lowest BCUT2D eigenvalue weighted by atomic mass is 10.1. The number of halogens is 1. The van der Waals surface area contributed by atoms with Gasteiger partial charge in [-0.2, -0.15) is 0 Å². The third-order valence-corrected chi connectivity index (χ3v) is 4.09. The predicted octanol–water partition coefficient (Wildman–Crippen LogP) is 4.26. The van der Waals surface area contributed by atoms with Gasteiger partial charge in [-0.15, -0.1) is 0 Å². The van der Waals surface area contributed by atoms with Crippen molar-refractivity contribution in [1.82, 2.24) is 5.32 Å². The molecular weight excluding hydrogens is 327 g/mol. The molecule has 0 radical (unpaired) electrons. The van der Waals surface area contributed by atoms with Crippen LogP contribution in [0, 0.1) is 5.82 Å². The van der Waals surface area contributed by atoms with Crippen molar-refractivity contribution in [2.75, 3.05) is 18.4 Å². The largest absolute Gasteiger partial charge is 0.376 e. The van der Waals surface area contributed by atoms with Gasteiger partial charge >= 0.3 is 0 Å². The van der Waals surface area contributed by atoms with Crippen molar-refractivity contribution < 1.29 is 9.18 Å². The molecule has 3 aromatic carbocycles. The van der Waals surface area contributed by atoms with Crippen LogP contribution in [0.1, 0.15) is 5.56 Å². The van der Waals surface area contributed by atoms with E-state index in [0.29, 0.717) is 13.0 Å². The Labute approximate surface area is 152 Å². The summed E-state index contributed by atoms with van der Waals surface area (Å²) in [6.07, 6.45) is 0.678. The zero-order chi connectivity index (χ0) is 18.2. The van der Waals surface area contributed by atoms with Gasteiger partial charge in [0.2, 0.25) is 5.91 Å². The van der Waals surface area contributed by atoms with Crippen molar-refractivity contribution in [3.63, 3.8) is 0 Å². The van der Waals surface area contributed by atoms with Gasteiger partial charge in [0, 0.05) is 12.2 Å². The zero-order valence-corrected chi connectivity index (χ0v) is 14.4. The summed E-state index contributed by atoms with van der Waals surface area (Å²) >= 11 is 0. The highest BCUT2D eigenvalue weighted by Gasteiger charge is 2.02.